The van der Waals surface area contributed by atoms with E-state index in [0.717, 1.165) is 18.8 Å². The molecule has 0 saturated heterocycles. The van der Waals surface area contributed by atoms with E-state index in [-0.39, 0.29) is 11.4 Å². The highest BCUT2D eigenvalue weighted by Crippen LogP contribution is 2.35. The van der Waals surface area contributed by atoms with Crippen molar-refractivity contribution in [2.24, 2.45) is 11.8 Å². The van der Waals surface area contributed by atoms with Gasteiger partial charge in [-0.2, -0.15) is 0 Å². The van der Waals surface area contributed by atoms with Crippen LogP contribution in [0.4, 0.5) is 22.1 Å². The van der Waals surface area contributed by atoms with Gasteiger partial charge in [-0.3, -0.25) is 5.32 Å². The molecule has 186 valence electrons. The summed E-state index contributed by atoms with van der Waals surface area (Å²) in [4.78, 5) is 27.1. The van der Waals surface area contributed by atoms with Crippen LogP contribution in [0.5, 0.6) is 0 Å². The molecule has 0 fully saturated rings. The highest BCUT2D eigenvalue weighted by Gasteiger charge is 2.20. The first-order valence-corrected chi connectivity index (χ1v) is 11.8. The second-order valence-corrected chi connectivity index (χ2v) is 9.64. The lowest BCUT2D eigenvalue weighted by Gasteiger charge is -2.30. The highest BCUT2D eigenvalue weighted by atomic mass is 16.5. The molecule has 0 saturated carbocycles. The van der Waals surface area contributed by atoms with Crippen molar-refractivity contribution in [1.82, 2.24) is 5.16 Å². The van der Waals surface area contributed by atoms with Crippen molar-refractivity contribution < 1.29 is 19.2 Å². The number of nitrogens with zero attached hydrogens (tertiary/aromatic N) is 2. The van der Waals surface area contributed by atoms with Gasteiger partial charge >= 0.3 is 12.0 Å². The van der Waals surface area contributed by atoms with Gasteiger partial charge in [-0.05, 0) is 54.5 Å². The molecule has 2 aromatic carbocycles. The minimum atomic E-state index is -0.989. The Morgan fingerprint density at radius 2 is 1.69 bits per heavy atom. The Balaban J connectivity index is 2.07. The van der Waals surface area contributed by atoms with E-state index in [2.05, 4.69) is 48.4 Å². The predicted molar refractivity (Wildman–Crippen MR) is 139 cm³/mol. The highest BCUT2D eigenvalue weighted by molar-refractivity contribution is 6.03. The Hall–Kier alpha value is -3.81. The molecule has 3 aromatic rings. The van der Waals surface area contributed by atoms with Crippen LogP contribution in [-0.4, -0.2) is 35.4 Å². The van der Waals surface area contributed by atoms with E-state index in [1.165, 1.54) is 0 Å². The number of carboxylic acids is 1. The van der Waals surface area contributed by atoms with Gasteiger partial charge < -0.3 is 19.8 Å². The number of aromatic carboxylic acids is 1. The topological polar surface area (TPSA) is 108 Å². The fraction of sp³-hybridized carbons (Fsp3) is 0.370. The Labute approximate surface area is 206 Å². The van der Waals surface area contributed by atoms with Crippen molar-refractivity contribution in [1.29, 1.82) is 0 Å². The molecule has 3 rings (SSSR count). The maximum atomic E-state index is 12.9. The molecule has 2 amide bonds. The summed E-state index contributed by atoms with van der Waals surface area (Å²) >= 11 is 0. The molecule has 0 spiro atoms. The number of aryl methyl sites for hydroxylation is 2. The van der Waals surface area contributed by atoms with Gasteiger partial charge in [-0.25, -0.2) is 9.59 Å². The van der Waals surface area contributed by atoms with Gasteiger partial charge in [-0.1, -0.05) is 57.1 Å². The summed E-state index contributed by atoms with van der Waals surface area (Å²) < 4.78 is 5.11. The smallest absolute Gasteiger partial charge is 0.336 e. The zero-order valence-electron chi connectivity index (χ0n) is 21.2. The summed E-state index contributed by atoms with van der Waals surface area (Å²) in [5.41, 5.74) is 4.32. The molecule has 3 N–H and O–H groups in total. The molecule has 0 aliphatic rings. The van der Waals surface area contributed by atoms with Crippen LogP contribution in [0.3, 0.4) is 0 Å². The molecule has 0 bridgehead atoms. The molecular formula is C27H34N4O4. The van der Waals surface area contributed by atoms with E-state index in [1.807, 2.05) is 24.3 Å². The number of aromatic nitrogens is 1. The van der Waals surface area contributed by atoms with Gasteiger partial charge in [0.1, 0.15) is 0 Å². The number of hydrogen-bond acceptors (Lipinski definition) is 5. The Morgan fingerprint density at radius 3 is 2.26 bits per heavy atom. The molecule has 1 heterocycles. The lowest BCUT2D eigenvalue weighted by molar-refractivity contribution is 0.0697. The summed E-state index contributed by atoms with van der Waals surface area (Å²) in [6.45, 7) is 13.8. The summed E-state index contributed by atoms with van der Waals surface area (Å²) in [5, 5.41) is 19.2. The Morgan fingerprint density at radius 1 is 1.00 bits per heavy atom. The normalized spacial score (nSPS) is 11.1. The standard InChI is InChI=1S/C27H34N4O4/c1-16(2)14-31(15-17(3)4)23-11-10-20(21-9-7-8-18(5)25(21)26(32)33)13-22(23)28-27(34)29-24-12-19(6)30-35-24/h7-13,16-17H,14-15H2,1-6H3,(H,32,33)(H2,28,29,34). The van der Waals surface area contributed by atoms with Gasteiger partial charge in [0.2, 0.25) is 5.88 Å². The van der Waals surface area contributed by atoms with Crippen LogP contribution in [0.2, 0.25) is 0 Å². The van der Waals surface area contributed by atoms with Gasteiger partial charge in [0.05, 0.1) is 22.6 Å². The number of benzene rings is 2. The summed E-state index contributed by atoms with van der Waals surface area (Å²) in [5.74, 6) is 0.0624. The third kappa shape index (κ3) is 6.62. The van der Waals surface area contributed by atoms with Crippen LogP contribution in [0, 0.1) is 25.7 Å². The Kier molecular flexibility index (Phi) is 8.17. The average Bonchev–Trinajstić information content (AvgIpc) is 3.16. The van der Waals surface area contributed by atoms with E-state index in [9.17, 15) is 14.7 Å². The maximum Gasteiger partial charge on any atom is 0.336 e. The third-order valence-electron chi connectivity index (χ3n) is 5.42. The molecule has 0 atom stereocenters. The predicted octanol–water partition coefficient (Wildman–Crippen LogP) is 6.42. The first kappa shape index (κ1) is 25.8. The van der Waals surface area contributed by atoms with Crippen molar-refractivity contribution in [3.63, 3.8) is 0 Å². The molecule has 0 aliphatic heterocycles. The SMILES string of the molecule is Cc1cc(NC(=O)Nc2cc(-c3cccc(C)c3C(=O)O)ccc2N(CC(C)C)CC(C)C)on1. The number of carbonyl (C=O) groups excluding carboxylic acids is 1. The average molecular weight is 479 g/mol. The largest absolute Gasteiger partial charge is 0.478 e. The van der Waals surface area contributed by atoms with E-state index in [0.29, 0.717) is 39.9 Å². The maximum absolute atomic E-state index is 12.9. The Bertz CT molecular complexity index is 1190. The molecule has 8 nitrogen and oxygen atoms in total. The summed E-state index contributed by atoms with van der Waals surface area (Å²) in [6, 6.07) is 12.2. The third-order valence-corrected chi connectivity index (χ3v) is 5.42. The second kappa shape index (κ2) is 11.1. The minimum absolute atomic E-state index is 0.241. The number of amides is 2. The van der Waals surface area contributed by atoms with E-state index in [1.54, 1.807) is 32.0 Å². The molecule has 0 aliphatic carbocycles. The summed E-state index contributed by atoms with van der Waals surface area (Å²) in [7, 11) is 0. The molecule has 0 unspecified atom stereocenters. The van der Waals surface area contributed by atoms with Crippen LogP contribution in [0.15, 0.2) is 47.0 Å². The van der Waals surface area contributed by atoms with Crippen LogP contribution >= 0.6 is 0 Å². The van der Waals surface area contributed by atoms with Crippen molar-refractivity contribution in [2.75, 3.05) is 28.6 Å². The second-order valence-electron chi connectivity index (χ2n) is 9.64. The van der Waals surface area contributed by atoms with Crippen molar-refractivity contribution in [3.05, 3.63) is 59.3 Å². The molecule has 0 radical (unpaired) electrons. The quantitative estimate of drug-likeness (QED) is 0.328. The number of carbonyl (C=O) groups is 2. The number of anilines is 3. The first-order chi connectivity index (χ1) is 16.5. The molecule has 8 heteroatoms. The molecular weight excluding hydrogens is 444 g/mol. The lowest BCUT2D eigenvalue weighted by Crippen LogP contribution is -2.32. The van der Waals surface area contributed by atoms with E-state index >= 15 is 0 Å². The van der Waals surface area contributed by atoms with Crippen LogP contribution in [-0.2, 0) is 0 Å². The lowest BCUT2D eigenvalue weighted by atomic mass is 9.95. The van der Waals surface area contributed by atoms with Crippen molar-refractivity contribution >= 4 is 29.3 Å². The van der Waals surface area contributed by atoms with Gasteiger partial charge in [0, 0.05) is 19.2 Å². The van der Waals surface area contributed by atoms with Gasteiger partial charge in [0.15, 0.2) is 0 Å². The van der Waals surface area contributed by atoms with Crippen LogP contribution in [0.1, 0.15) is 49.3 Å². The van der Waals surface area contributed by atoms with Crippen LogP contribution in [0.25, 0.3) is 11.1 Å². The fourth-order valence-corrected chi connectivity index (χ4v) is 4.11. The number of carboxylic acid groups (broad SMARTS) is 1. The molecule has 35 heavy (non-hydrogen) atoms. The van der Waals surface area contributed by atoms with E-state index < -0.39 is 12.0 Å². The van der Waals surface area contributed by atoms with Crippen molar-refractivity contribution in [3.8, 4) is 11.1 Å². The summed E-state index contributed by atoms with van der Waals surface area (Å²) in [6.07, 6.45) is 0. The van der Waals surface area contributed by atoms with Gasteiger partial charge in [-0.15, -0.1) is 0 Å². The monoisotopic (exact) mass is 478 g/mol. The number of rotatable bonds is 9. The van der Waals surface area contributed by atoms with Crippen LogP contribution < -0.4 is 15.5 Å². The zero-order chi connectivity index (χ0) is 25.7. The fourth-order valence-electron chi connectivity index (χ4n) is 4.11. The number of nitrogens with one attached hydrogen (secondary N) is 2. The van der Waals surface area contributed by atoms with E-state index in [4.69, 9.17) is 4.52 Å². The zero-order valence-corrected chi connectivity index (χ0v) is 21.2. The first-order valence-electron chi connectivity index (χ1n) is 11.8. The van der Waals surface area contributed by atoms with Crippen molar-refractivity contribution in [2.45, 2.75) is 41.5 Å². The number of hydrogen-bond donors (Lipinski definition) is 3. The van der Waals surface area contributed by atoms with Gasteiger partial charge in [0.25, 0.3) is 0 Å². The number of urea groups is 1. The molecule has 1 aromatic heterocycles. The minimum Gasteiger partial charge on any atom is -0.478 e.